The molecule has 0 saturated carbocycles. The van der Waals surface area contributed by atoms with E-state index in [0.717, 1.165) is 0 Å². The molecule has 2 nitrogen and oxygen atoms in total. The molecule has 2 rings (SSSR count). The number of thioether (sulfide) groups is 1. The van der Waals surface area contributed by atoms with Crippen molar-refractivity contribution in [2.75, 3.05) is 11.5 Å². The topological polar surface area (TPSA) is 29.4 Å². The van der Waals surface area contributed by atoms with Crippen molar-refractivity contribution >= 4 is 23.5 Å². The van der Waals surface area contributed by atoms with E-state index in [9.17, 15) is 4.79 Å². The summed E-state index contributed by atoms with van der Waals surface area (Å²) >= 11 is 1.97. The van der Waals surface area contributed by atoms with Crippen LogP contribution in [0.3, 0.4) is 0 Å². The molecule has 0 aliphatic carbocycles. The minimum Gasteiger partial charge on any atom is -0.211 e. The van der Waals surface area contributed by atoms with E-state index >= 15 is 0 Å². The van der Waals surface area contributed by atoms with Crippen LogP contribution in [-0.4, -0.2) is 17.6 Å². The minimum absolute atomic E-state index is 0.686. The molecule has 66 valence electrons. The quantitative estimate of drug-likeness (QED) is 0.531. The van der Waals surface area contributed by atoms with Crippen molar-refractivity contribution in [3.05, 3.63) is 29.8 Å². The van der Waals surface area contributed by atoms with E-state index in [2.05, 4.69) is 4.99 Å². The molecule has 13 heavy (non-hydrogen) atoms. The maximum atomic E-state index is 9.97. The molecule has 1 aliphatic rings. The van der Waals surface area contributed by atoms with Crippen LogP contribution in [-0.2, 0) is 4.79 Å². The molecule has 1 aromatic rings. The van der Waals surface area contributed by atoms with Gasteiger partial charge >= 0.3 is 0 Å². The normalized spacial score (nSPS) is 16.0. The summed E-state index contributed by atoms with van der Waals surface area (Å²) in [6, 6.07) is 7.81. The van der Waals surface area contributed by atoms with Crippen molar-refractivity contribution in [1.82, 2.24) is 0 Å². The zero-order chi connectivity index (χ0) is 9.10. The summed E-state index contributed by atoms with van der Waals surface area (Å²) in [5.41, 5.74) is 2.04. The Kier molecular flexibility index (Phi) is 2.48. The lowest BCUT2D eigenvalue weighted by atomic mass is 10.0. The highest BCUT2D eigenvalue weighted by atomic mass is 32.2. The lowest BCUT2D eigenvalue weighted by molar-refractivity contribution is 0.565. The van der Waals surface area contributed by atoms with E-state index in [1.807, 2.05) is 36.0 Å². The van der Waals surface area contributed by atoms with Crippen LogP contribution in [0.5, 0.6) is 0 Å². The monoisotopic (exact) mass is 191 g/mol. The van der Waals surface area contributed by atoms with E-state index < -0.39 is 0 Å². The van der Waals surface area contributed by atoms with Crippen LogP contribution >= 0.6 is 11.8 Å². The van der Waals surface area contributed by atoms with Crippen LogP contribution < -0.4 is 0 Å². The summed E-state index contributed by atoms with van der Waals surface area (Å²) in [7, 11) is 0. The Hall–Kier alpha value is -1.05. The Bertz CT molecular complexity index is 336. The standard InChI is InChI=1S/C10H9NOS/c12-7-11-10-3-1-8(2-4-10)9-5-13-6-9/h1-4,9H,5-6H2. The van der Waals surface area contributed by atoms with Gasteiger partial charge < -0.3 is 0 Å². The first-order valence-electron chi connectivity index (χ1n) is 4.16. The van der Waals surface area contributed by atoms with Crippen molar-refractivity contribution in [1.29, 1.82) is 0 Å². The zero-order valence-corrected chi connectivity index (χ0v) is 7.88. The third kappa shape index (κ3) is 1.82. The van der Waals surface area contributed by atoms with Crippen LogP contribution in [0.25, 0.3) is 0 Å². The number of benzene rings is 1. The van der Waals surface area contributed by atoms with Crippen LogP contribution in [0.1, 0.15) is 11.5 Å². The van der Waals surface area contributed by atoms with Crippen LogP contribution in [0, 0.1) is 0 Å². The highest BCUT2D eigenvalue weighted by Crippen LogP contribution is 2.34. The smallest absolute Gasteiger partial charge is 0.211 e. The molecule has 0 amide bonds. The first-order valence-corrected chi connectivity index (χ1v) is 5.31. The number of nitrogens with zero attached hydrogens (tertiary/aromatic N) is 1. The Morgan fingerprint density at radius 1 is 1.31 bits per heavy atom. The lowest BCUT2D eigenvalue weighted by Crippen LogP contribution is -2.14. The van der Waals surface area contributed by atoms with E-state index in [0.29, 0.717) is 11.6 Å². The van der Waals surface area contributed by atoms with Crippen LogP contribution in [0.2, 0.25) is 0 Å². The van der Waals surface area contributed by atoms with Gasteiger partial charge in [0.05, 0.1) is 5.69 Å². The summed E-state index contributed by atoms with van der Waals surface area (Å²) < 4.78 is 0. The molecule has 1 aliphatic heterocycles. The molecule has 0 bridgehead atoms. The van der Waals surface area contributed by atoms with Gasteiger partial charge in [0.15, 0.2) is 0 Å². The Labute approximate surface area is 81.1 Å². The molecule has 1 aromatic carbocycles. The Morgan fingerprint density at radius 3 is 2.46 bits per heavy atom. The second kappa shape index (κ2) is 3.77. The van der Waals surface area contributed by atoms with Crippen molar-refractivity contribution in [3.8, 4) is 0 Å². The summed E-state index contributed by atoms with van der Waals surface area (Å²) in [6.45, 7) is 0. The van der Waals surface area contributed by atoms with Gasteiger partial charge in [-0.05, 0) is 17.7 Å². The summed E-state index contributed by atoms with van der Waals surface area (Å²) in [4.78, 5) is 13.5. The number of rotatable bonds is 2. The second-order valence-corrected chi connectivity index (χ2v) is 4.10. The molecule has 0 unspecified atom stereocenters. The highest BCUT2D eigenvalue weighted by molar-refractivity contribution is 8.00. The summed E-state index contributed by atoms with van der Waals surface area (Å²) in [5.74, 6) is 3.14. The van der Waals surface area contributed by atoms with E-state index in [1.54, 1.807) is 0 Å². The molecule has 0 radical (unpaired) electrons. The molecule has 1 fully saturated rings. The maximum Gasteiger partial charge on any atom is 0.240 e. The largest absolute Gasteiger partial charge is 0.240 e. The van der Waals surface area contributed by atoms with Gasteiger partial charge in [0, 0.05) is 17.4 Å². The number of hydrogen-bond acceptors (Lipinski definition) is 3. The summed E-state index contributed by atoms with van der Waals surface area (Å²) in [6.07, 6.45) is 1.53. The SMILES string of the molecule is O=C=Nc1ccc(C2CSC2)cc1. The number of carbonyl (C=O) groups excluding carboxylic acids is 1. The average molecular weight is 191 g/mol. The maximum absolute atomic E-state index is 9.97. The van der Waals surface area contributed by atoms with Gasteiger partial charge in [-0.3, -0.25) is 0 Å². The fraction of sp³-hybridized carbons (Fsp3) is 0.300. The minimum atomic E-state index is 0.686. The van der Waals surface area contributed by atoms with E-state index in [4.69, 9.17) is 0 Å². The second-order valence-electron chi connectivity index (χ2n) is 3.03. The third-order valence-corrected chi connectivity index (χ3v) is 3.45. The molecule has 1 heterocycles. The van der Waals surface area contributed by atoms with Crippen LogP contribution in [0.4, 0.5) is 5.69 Å². The molecule has 1 saturated heterocycles. The predicted molar refractivity (Wildman–Crippen MR) is 54.3 cm³/mol. The van der Waals surface area contributed by atoms with Gasteiger partial charge in [-0.25, -0.2) is 4.79 Å². The molecule has 3 heteroatoms. The fourth-order valence-corrected chi connectivity index (χ4v) is 2.16. The zero-order valence-electron chi connectivity index (χ0n) is 7.06. The molecule has 0 spiro atoms. The van der Waals surface area contributed by atoms with Crippen molar-refractivity contribution in [2.24, 2.45) is 4.99 Å². The molecule has 0 atom stereocenters. The van der Waals surface area contributed by atoms with Gasteiger partial charge in [-0.15, -0.1) is 0 Å². The number of aliphatic imine (C=N–C) groups is 1. The predicted octanol–water partition coefficient (Wildman–Crippen LogP) is 2.48. The van der Waals surface area contributed by atoms with Gasteiger partial charge in [-0.2, -0.15) is 16.8 Å². The fourth-order valence-electron chi connectivity index (χ4n) is 1.30. The van der Waals surface area contributed by atoms with Crippen molar-refractivity contribution in [3.63, 3.8) is 0 Å². The molecular formula is C10H9NOS. The lowest BCUT2D eigenvalue weighted by Gasteiger charge is -2.25. The Morgan fingerprint density at radius 2 is 2.00 bits per heavy atom. The average Bonchev–Trinajstić information content (AvgIpc) is 2.06. The summed E-state index contributed by atoms with van der Waals surface area (Å²) in [5, 5.41) is 0. The van der Waals surface area contributed by atoms with Gasteiger partial charge in [0.2, 0.25) is 6.08 Å². The van der Waals surface area contributed by atoms with Gasteiger partial charge in [0.25, 0.3) is 0 Å². The highest BCUT2D eigenvalue weighted by Gasteiger charge is 2.19. The Balaban J connectivity index is 2.17. The first-order chi connectivity index (χ1) is 6.40. The molecule has 0 aromatic heterocycles. The third-order valence-electron chi connectivity index (χ3n) is 2.18. The van der Waals surface area contributed by atoms with Crippen LogP contribution in [0.15, 0.2) is 29.3 Å². The first kappa shape index (κ1) is 8.54. The molecular weight excluding hydrogens is 182 g/mol. The van der Waals surface area contributed by atoms with E-state index in [-0.39, 0.29) is 0 Å². The number of hydrogen-bond donors (Lipinski definition) is 0. The van der Waals surface area contributed by atoms with Crippen molar-refractivity contribution < 1.29 is 4.79 Å². The van der Waals surface area contributed by atoms with E-state index in [1.165, 1.54) is 23.1 Å². The number of isocyanates is 1. The van der Waals surface area contributed by atoms with Gasteiger partial charge in [0.1, 0.15) is 0 Å². The molecule has 0 N–H and O–H groups in total. The van der Waals surface area contributed by atoms with Gasteiger partial charge in [-0.1, -0.05) is 12.1 Å². The van der Waals surface area contributed by atoms with Crippen molar-refractivity contribution in [2.45, 2.75) is 5.92 Å².